The summed E-state index contributed by atoms with van der Waals surface area (Å²) in [6.07, 6.45) is 1.88. The van der Waals surface area contributed by atoms with Crippen LogP contribution in [0.1, 0.15) is 18.1 Å². The van der Waals surface area contributed by atoms with Gasteiger partial charge in [-0.3, -0.25) is 9.10 Å². The summed E-state index contributed by atoms with van der Waals surface area (Å²) in [5, 5.41) is 0. The molecule has 7 heteroatoms. The molecule has 1 heterocycles. The highest BCUT2D eigenvalue weighted by atomic mass is 32.2. The molecule has 0 unspecified atom stereocenters. The summed E-state index contributed by atoms with van der Waals surface area (Å²) in [4.78, 5) is 16.6. The summed E-state index contributed by atoms with van der Waals surface area (Å²) in [6.45, 7) is 6.64. The molecular weight excluding hydrogens is 326 g/mol. The van der Waals surface area contributed by atoms with Gasteiger partial charge in [0.15, 0.2) is 0 Å². The van der Waals surface area contributed by atoms with E-state index >= 15 is 0 Å². The first kappa shape index (κ1) is 18.7. The third-order valence-corrected chi connectivity index (χ3v) is 5.60. The maximum Gasteiger partial charge on any atom is 0.243 e. The first-order chi connectivity index (χ1) is 11.2. The monoisotopic (exact) mass is 353 g/mol. The number of nitrogens with zero attached hydrogens (tertiary/aromatic N) is 3. The first-order valence-corrected chi connectivity index (χ1v) is 10.1. The Morgan fingerprint density at radius 2 is 1.83 bits per heavy atom. The van der Waals surface area contributed by atoms with E-state index in [1.54, 1.807) is 4.90 Å². The fourth-order valence-electron chi connectivity index (χ4n) is 3.00. The molecule has 0 aliphatic carbocycles. The van der Waals surface area contributed by atoms with Crippen LogP contribution < -0.4 is 4.31 Å². The maximum absolute atomic E-state index is 12.6. The second-order valence-corrected chi connectivity index (χ2v) is 8.30. The highest BCUT2D eigenvalue weighted by Gasteiger charge is 2.27. The second kappa shape index (κ2) is 7.53. The normalized spacial score (nSPS) is 16.2. The quantitative estimate of drug-likeness (QED) is 0.795. The smallest absolute Gasteiger partial charge is 0.243 e. The number of sulfonamides is 1. The fraction of sp³-hybridized carbons (Fsp3) is 0.588. The number of carbonyl (C=O) groups is 1. The van der Waals surface area contributed by atoms with Crippen LogP contribution in [0.2, 0.25) is 0 Å². The van der Waals surface area contributed by atoms with Gasteiger partial charge in [-0.1, -0.05) is 25.1 Å². The summed E-state index contributed by atoms with van der Waals surface area (Å²) < 4.78 is 26.0. The van der Waals surface area contributed by atoms with Crippen molar-refractivity contribution in [1.82, 2.24) is 9.80 Å². The number of para-hydroxylation sites is 1. The molecule has 24 heavy (non-hydrogen) atoms. The van der Waals surface area contributed by atoms with Crippen LogP contribution in [0.5, 0.6) is 0 Å². The molecule has 0 spiro atoms. The minimum absolute atomic E-state index is 0.138. The summed E-state index contributed by atoms with van der Waals surface area (Å²) in [7, 11) is -1.52. The number of hydrogen-bond acceptors (Lipinski definition) is 4. The van der Waals surface area contributed by atoms with E-state index in [0.717, 1.165) is 30.5 Å². The largest absolute Gasteiger partial charge is 0.339 e. The molecule has 1 aromatic carbocycles. The minimum Gasteiger partial charge on any atom is -0.339 e. The minimum atomic E-state index is -3.54. The van der Waals surface area contributed by atoms with Gasteiger partial charge in [0.25, 0.3) is 0 Å². The number of benzene rings is 1. The predicted octanol–water partition coefficient (Wildman–Crippen LogP) is 1.10. The Morgan fingerprint density at radius 3 is 2.38 bits per heavy atom. The van der Waals surface area contributed by atoms with E-state index in [9.17, 15) is 13.2 Å². The predicted molar refractivity (Wildman–Crippen MR) is 96.8 cm³/mol. The van der Waals surface area contributed by atoms with Crippen LogP contribution in [0.25, 0.3) is 0 Å². The van der Waals surface area contributed by atoms with Crippen molar-refractivity contribution in [1.29, 1.82) is 0 Å². The highest BCUT2D eigenvalue weighted by molar-refractivity contribution is 7.92. The van der Waals surface area contributed by atoms with Gasteiger partial charge in [-0.15, -0.1) is 0 Å². The van der Waals surface area contributed by atoms with E-state index in [2.05, 4.69) is 4.90 Å². The van der Waals surface area contributed by atoms with Gasteiger partial charge in [-0.2, -0.15) is 0 Å². The Morgan fingerprint density at radius 1 is 1.21 bits per heavy atom. The van der Waals surface area contributed by atoms with Gasteiger partial charge in [-0.05, 0) is 31.5 Å². The summed E-state index contributed by atoms with van der Waals surface area (Å²) >= 11 is 0. The molecule has 6 nitrogen and oxygen atoms in total. The van der Waals surface area contributed by atoms with Crippen LogP contribution in [0.3, 0.4) is 0 Å². The molecule has 1 aliphatic rings. The van der Waals surface area contributed by atoms with Crippen molar-refractivity contribution in [3.05, 3.63) is 29.3 Å². The van der Waals surface area contributed by atoms with Crippen LogP contribution in [0.15, 0.2) is 18.2 Å². The van der Waals surface area contributed by atoms with E-state index < -0.39 is 10.0 Å². The van der Waals surface area contributed by atoms with Crippen LogP contribution >= 0.6 is 0 Å². The molecule has 0 atom stereocenters. The van der Waals surface area contributed by atoms with E-state index in [1.807, 2.05) is 39.1 Å². The Hall–Kier alpha value is -1.60. The highest BCUT2D eigenvalue weighted by Crippen LogP contribution is 2.28. The van der Waals surface area contributed by atoms with Crippen molar-refractivity contribution in [2.75, 3.05) is 50.3 Å². The van der Waals surface area contributed by atoms with E-state index in [1.165, 1.54) is 4.31 Å². The molecule has 2 rings (SSSR count). The Balaban J connectivity index is 2.30. The van der Waals surface area contributed by atoms with Crippen molar-refractivity contribution in [3.63, 3.8) is 0 Å². The van der Waals surface area contributed by atoms with Crippen molar-refractivity contribution >= 4 is 21.6 Å². The van der Waals surface area contributed by atoms with Crippen LogP contribution in [-0.4, -0.2) is 70.2 Å². The zero-order valence-corrected chi connectivity index (χ0v) is 15.8. The van der Waals surface area contributed by atoms with Crippen molar-refractivity contribution in [3.8, 4) is 0 Å². The average Bonchev–Trinajstić information content (AvgIpc) is 2.52. The number of amides is 1. The number of carbonyl (C=O) groups excluding carboxylic acids is 1. The number of piperazine rings is 1. The molecule has 0 aromatic heterocycles. The standard InChI is InChI=1S/C17H27N3O3S/c1-5-15-8-6-7-14(2)17(15)20(24(4,22)23)13-16(21)19-11-9-18(3)10-12-19/h6-8H,5,9-13H2,1-4H3. The third-order valence-electron chi connectivity index (χ3n) is 4.49. The van der Waals surface area contributed by atoms with Gasteiger partial charge in [0.05, 0.1) is 11.9 Å². The summed E-state index contributed by atoms with van der Waals surface area (Å²) in [6, 6.07) is 5.72. The van der Waals surface area contributed by atoms with Crippen molar-refractivity contribution < 1.29 is 13.2 Å². The van der Waals surface area contributed by atoms with Gasteiger partial charge in [0.2, 0.25) is 15.9 Å². The molecule has 1 aromatic rings. The topological polar surface area (TPSA) is 60.9 Å². The van der Waals surface area contributed by atoms with Gasteiger partial charge in [0, 0.05) is 26.2 Å². The zero-order chi connectivity index (χ0) is 17.9. The Kier molecular flexibility index (Phi) is 5.87. The van der Waals surface area contributed by atoms with Crippen molar-refractivity contribution in [2.24, 2.45) is 0 Å². The lowest BCUT2D eigenvalue weighted by Gasteiger charge is -2.34. The lowest BCUT2D eigenvalue weighted by atomic mass is 10.1. The van der Waals surface area contributed by atoms with E-state index in [0.29, 0.717) is 25.2 Å². The molecule has 1 saturated heterocycles. The van der Waals surface area contributed by atoms with Gasteiger partial charge < -0.3 is 9.80 Å². The second-order valence-electron chi connectivity index (χ2n) is 6.39. The Bertz CT molecular complexity index is 695. The molecule has 1 amide bonds. The third kappa shape index (κ3) is 4.27. The maximum atomic E-state index is 12.6. The van der Waals surface area contributed by atoms with E-state index in [-0.39, 0.29) is 12.5 Å². The molecule has 0 radical (unpaired) electrons. The molecule has 0 bridgehead atoms. The summed E-state index contributed by atoms with van der Waals surface area (Å²) in [5.41, 5.74) is 2.45. The number of hydrogen-bond donors (Lipinski definition) is 0. The number of aryl methyl sites for hydroxylation is 2. The number of likely N-dealkylation sites (N-methyl/N-ethyl adjacent to an activating group) is 1. The number of rotatable bonds is 5. The summed E-state index contributed by atoms with van der Waals surface area (Å²) in [5.74, 6) is -0.140. The molecule has 0 saturated carbocycles. The lowest BCUT2D eigenvalue weighted by molar-refractivity contribution is -0.131. The van der Waals surface area contributed by atoms with Crippen LogP contribution in [-0.2, 0) is 21.2 Å². The molecule has 134 valence electrons. The van der Waals surface area contributed by atoms with Gasteiger partial charge >= 0.3 is 0 Å². The lowest BCUT2D eigenvalue weighted by Crippen LogP contribution is -2.51. The SMILES string of the molecule is CCc1cccc(C)c1N(CC(=O)N1CCN(C)CC1)S(C)(=O)=O. The van der Waals surface area contributed by atoms with Crippen LogP contribution in [0, 0.1) is 6.92 Å². The van der Waals surface area contributed by atoms with Gasteiger partial charge in [0.1, 0.15) is 6.54 Å². The molecule has 0 N–H and O–H groups in total. The Labute approximate surface area is 145 Å². The van der Waals surface area contributed by atoms with Gasteiger partial charge in [-0.25, -0.2) is 8.42 Å². The fourth-order valence-corrected chi connectivity index (χ4v) is 3.94. The van der Waals surface area contributed by atoms with Crippen LogP contribution in [0.4, 0.5) is 5.69 Å². The molecule has 1 aliphatic heterocycles. The van der Waals surface area contributed by atoms with Crippen molar-refractivity contribution in [2.45, 2.75) is 20.3 Å². The molecule has 1 fully saturated rings. The molecular formula is C17H27N3O3S. The average molecular weight is 353 g/mol. The van der Waals surface area contributed by atoms with E-state index in [4.69, 9.17) is 0 Å². The first-order valence-electron chi connectivity index (χ1n) is 8.26. The zero-order valence-electron chi connectivity index (χ0n) is 14.9. The number of anilines is 1.